The minimum absolute atomic E-state index is 0.00374. The second-order valence-electron chi connectivity index (χ2n) is 5.21. The Morgan fingerprint density at radius 3 is 2.62 bits per heavy atom. The lowest BCUT2D eigenvalue weighted by Gasteiger charge is -2.30. The molecular formula is C15H21N3O2S. The summed E-state index contributed by atoms with van der Waals surface area (Å²) in [6.07, 6.45) is 3.52. The van der Waals surface area contributed by atoms with E-state index in [1.165, 1.54) is 0 Å². The molecule has 0 radical (unpaired) electrons. The highest BCUT2D eigenvalue weighted by Crippen LogP contribution is 2.26. The van der Waals surface area contributed by atoms with Crippen LogP contribution in [0, 0.1) is 5.92 Å². The van der Waals surface area contributed by atoms with Crippen LogP contribution < -0.4 is 11.1 Å². The Balaban J connectivity index is 1.89. The number of carbonyl (C=O) groups is 2. The lowest BCUT2D eigenvalue weighted by molar-refractivity contribution is -0.122. The summed E-state index contributed by atoms with van der Waals surface area (Å²) in [4.78, 5) is 26.3. The number of hydrogen-bond acceptors (Lipinski definition) is 4. The Hall–Kier alpha value is -1.53. The number of carbonyl (C=O) groups excluding carboxylic acids is 2. The van der Waals surface area contributed by atoms with E-state index in [4.69, 9.17) is 5.73 Å². The third kappa shape index (κ3) is 4.47. The van der Waals surface area contributed by atoms with Crippen molar-refractivity contribution in [3.8, 4) is 0 Å². The van der Waals surface area contributed by atoms with Gasteiger partial charge in [-0.25, -0.2) is 0 Å². The van der Waals surface area contributed by atoms with Gasteiger partial charge in [-0.2, -0.15) is 0 Å². The molecule has 1 saturated heterocycles. The molecule has 0 unspecified atom stereocenters. The van der Waals surface area contributed by atoms with Crippen molar-refractivity contribution in [2.24, 2.45) is 11.7 Å². The van der Waals surface area contributed by atoms with Gasteiger partial charge in [-0.15, -0.1) is 11.8 Å². The predicted octanol–water partition coefficient (Wildman–Crippen LogP) is 1.54. The van der Waals surface area contributed by atoms with Gasteiger partial charge in [0, 0.05) is 10.8 Å². The molecule has 0 atom stereocenters. The fraction of sp³-hybridized carbons (Fsp3) is 0.467. The van der Waals surface area contributed by atoms with Gasteiger partial charge < -0.3 is 11.1 Å². The standard InChI is InChI=1S/C15H21N3O2S/c1-21-13-5-3-2-4-12(13)17-15(20)11-6-8-18(9-7-11)10-14(16)19/h2-5,11H,6-10H2,1H3,(H2,16,19)(H,17,20). The minimum Gasteiger partial charge on any atom is -0.369 e. The molecule has 0 aliphatic carbocycles. The van der Waals surface area contributed by atoms with Crippen molar-refractivity contribution in [3.05, 3.63) is 24.3 Å². The molecule has 1 aromatic carbocycles. The number of benzene rings is 1. The zero-order valence-electron chi connectivity index (χ0n) is 12.2. The van der Waals surface area contributed by atoms with E-state index < -0.39 is 0 Å². The number of nitrogens with two attached hydrogens (primary N) is 1. The molecular weight excluding hydrogens is 286 g/mol. The first-order chi connectivity index (χ1) is 10.1. The average Bonchev–Trinajstić information content (AvgIpc) is 2.48. The first kappa shape index (κ1) is 15.9. The SMILES string of the molecule is CSc1ccccc1NC(=O)C1CCN(CC(N)=O)CC1. The van der Waals surface area contributed by atoms with Crippen LogP contribution in [-0.4, -0.2) is 42.6 Å². The van der Waals surface area contributed by atoms with Crippen molar-refractivity contribution < 1.29 is 9.59 Å². The summed E-state index contributed by atoms with van der Waals surface area (Å²) in [7, 11) is 0. The summed E-state index contributed by atoms with van der Waals surface area (Å²) in [5, 5.41) is 3.02. The van der Waals surface area contributed by atoms with Crippen LogP contribution >= 0.6 is 11.8 Å². The van der Waals surface area contributed by atoms with E-state index in [0.717, 1.165) is 36.5 Å². The molecule has 0 aromatic heterocycles. The number of anilines is 1. The third-order valence-electron chi connectivity index (χ3n) is 3.70. The number of primary amides is 1. The molecule has 2 amide bonds. The topological polar surface area (TPSA) is 75.4 Å². The normalized spacial score (nSPS) is 16.6. The molecule has 0 bridgehead atoms. The number of amides is 2. The minimum atomic E-state index is -0.313. The number of para-hydroxylation sites is 1. The average molecular weight is 307 g/mol. The zero-order valence-corrected chi connectivity index (χ0v) is 13.0. The fourth-order valence-electron chi connectivity index (χ4n) is 2.56. The second-order valence-corrected chi connectivity index (χ2v) is 6.05. The van der Waals surface area contributed by atoms with Crippen LogP contribution in [-0.2, 0) is 9.59 Å². The maximum Gasteiger partial charge on any atom is 0.231 e. The first-order valence-electron chi connectivity index (χ1n) is 7.04. The molecule has 2 rings (SSSR count). The van der Waals surface area contributed by atoms with E-state index in [1.54, 1.807) is 11.8 Å². The summed E-state index contributed by atoms with van der Waals surface area (Å²) in [6, 6.07) is 7.80. The van der Waals surface area contributed by atoms with Crippen molar-refractivity contribution in [1.82, 2.24) is 4.90 Å². The number of likely N-dealkylation sites (tertiary alicyclic amines) is 1. The van der Waals surface area contributed by atoms with Gasteiger partial charge in [0.25, 0.3) is 0 Å². The molecule has 1 aliphatic heterocycles. The van der Waals surface area contributed by atoms with E-state index in [9.17, 15) is 9.59 Å². The van der Waals surface area contributed by atoms with Crippen LogP contribution in [0.15, 0.2) is 29.2 Å². The lowest BCUT2D eigenvalue weighted by Crippen LogP contribution is -2.42. The molecule has 21 heavy (non-hydrogen) atoms. The van der Waals surface area contributed by atoms with E-state index in [2.05, 4.69) is 5.32 Å². The molecule has 1 aromatic rings. The highest BCUT2D eigenvalue weighted by molar-refractivity contribution is 7.98. The van der Waals surface area contributed by atoms with E-state index >= 15 is 0 Å². The van der Waals surface area contributed by atoms with E-state index in [1.807, 2.05) is 35.4 Å². The van der Waals surface area contributed by atoms with Crippen molar-refractivity contribution in [2.45, 2.75) is 17.7 Å². The quantitative estimate of drug-likeness (QED) is 0.809. The number of nitrogens with zero attached hydrogens (tertiary/aromatic N) is 1. The Labute approximate surface area is 129 Å². The summed E-state index contributed by atoms with van der Waals surface area (Å²) in [5.41, 5.74) is 6.06. The van der Waals surface area contributed by atoms with Crippen molar-refractivity contribution in [2.75, 3.05) is 31.2 Å². The Morgan fingerprint density at radius 2 is 2.00 bits per heavy atom. The third-order valence-corrected chi connectivity index (χ3v) is 4.50. The number of piperidine rings is 1. The van der Waals surface area contributed by atoms with Gasteiger partial charge in [0.1, 0.15) is 0 Å². The number of rotatable bonds is 5. The first-order valence-corrected chi connectivity index (χ1v) is 8.27. The molecule has 1 aliphatic rings. The predicted molar refractivity (Wildman–Crippen MR) is 85.2 cm³/mol. The molecule has 114 valence electrons. The van der Waals surface area contributed by atoms with Crippen LogP contribution in [0.5, 0.6) is 0 Å². The Bertz CT molecular complexity index is 513. The van der Waals surface area contributed by atoms with Gasteiger partial charge in [-0.1, -0.05) is 12.1 Å². The van der Waals surface area contributed by atoms with Gasteiger partial charge in [-0.05, 0) is 44.3 Å². The summed E-state index contributed by atoms with van der Waals surface area (Å²) in [5.74, 6) is -0.244. The maximum absolute atomic E-state index is 12.3. The van der Waals surface area contributed by atoms with Crippen LogP contribution in [0.25, 0.3) is 0 Å². The van der Waals surface area contributed by atoms with Crippen LogP contribution in [0.2, 0.25) is 0 Å². The summed E-state index contributed by atoms with van der Waals surface area (Å²) in [6.45, 7) is 1.76. The van der Waals surface area contributed by atoms with Crippen LogP contribution in [0.4, 0.5) is 5.69 Å². The Kier molecular flexibility index (Phi) is 5.64. The zero-order chi connectivity index (χ0) is 15.2. The maximum atomic E-state index is 12.3. The second kappa shape index (κ2) is 7.47. The molecule has 0 saturated carbocycles. The van der Waals surface area contributed by atoms with Gasteiger partial charge >= 0.3 is 0 Å². The lowest BCUT2D eigenvalue weighted by atomic mass is 9.96. The molecule has 6 heteroatoms. The summed E-state index contributed by atoms with van der Waals surface area (Å²) >= 11 is 1.62. The van der Waals surface area contributed by atoms with Crippen LogP contribution in [0.1, 0.15) is 12.8 Å². The molecule has 1 heterocycles. The molecule has 1 fully saturated rings. The van der Waals surface area contributed by atoms with E-state index in [-0.39, 0.29) is 24.3 Å². The van der Waals surface area contributed by atoms with Crippen molar-refractivity contribution in [3.63, 3.8) is 0 Å². The van der Waals surface area contributed by atoms with Crippen LogP contribution in [0.3, 0.4) is 0 Å². The summed E-state index contributed by atoms with van der Waals surface area (Å²) < 4.78 is 0. The Morgan fingerprint density at radius 1 is 1.33 bits per heavy atom. The molecule has 0 spiro atoms. The van der Waals surface area contributed by atoms with Gasteiger partial charge in [0.05, 0.1) is 12.2 Å². The van der Waals surface area contributed by atoms with Crippen molar-refractivity contribution in [1.29, 1.82) is 0 Å². The molecule has 5 nitrogen and oxygen atoms in total. The number of thioether (sulfide) groups is 1. The largest absolute Gasteiger partial charge is 0.369 e. The van der Waals surface area contributed by atoms with E-state index in [0.29, 0.717) is 0 Å². The van der Waals surface area contributed by atoms with Gasteiger partial charge in [-0.3, -0.25) is 14.5 Å². The number of hydrogen-bond donors (Lipinski definition) is 2. The van der Waals surface area contributed by atoms with Crippen molar-refractivity contribution >= 4 is 29.3 Å². The number of nitrogens with one attached hydrogen (secondary N) is 1. The highest BCUT2D eigenvalue weighted by atomic mass is 32.2. The fourth-order valence-corrected chi connectivity index (χ4v) is 3.11. The monoisotopic (exact) mass is 307 g/mol. The smallest absolute Gasteiger partial charge is 0.231 e. The highest BCUT2D eigenvalue weighted by Gasteiger charge is 2.25. The molecule has 3 N–H and O–H groups in total. The van der Waals surface area contributed by atoms with Gasteiger partial charge in [0.2, 0.25) is 11.8 Å². The van der Waals surface area contributed by atoms with Gasteiger partial charge in [0.15, 0.2) is 0 Å².